The zero-order valence-electron chi connectivity index (χ0n) is 11.8. The van der Waals surface area contributed by atoms with Crippen molar-refractivity contribution < 1.29 is 24.5 Å². The molecule has 0 amide bonds. The number of unbranched alkanes of at least 4 members (excludes halogenated alkanes) is 6. The molecule has 0 atom stereocenters. The molecule has 0 aromatic carbocycles. The molecule has 0 heterocycles. The topological polar surface area (TPSA) is 75.7 Å². The van der Waals surface area contributed by atoms with Gasteiger partial charge in [-0.05, 0) is 25.7 Å². The monoisotopic (exact) mass is 273 g/mol. The van der Waals surface area contributed by atoms with Gasteiger partial charge in [0.1, 0.15) is 0 Å². The van der Waals surface area contributed by atoms with Gasteiger partial charge in [-0.3, -0.25) is 4.89 Å². The number of aliphatic carboxylic acids is 1. The predicted octanol–water partition coefficient (Wildman–Crippen LogP) is 2.13. The van der Waals surface area contributed by atoms with Crippen LogP contribution in [0.2, 0.25) is 0 Å². The smallest absolute Gasteiger partial charge is 0.342 e. The molecule has 0 N–H and O–H groups in total. The molecule has 0 aliphatic rings. The quantitative estimate of drug-likeness (QED) is 0.292. The lowest BCUT2D eigenvalue weighted by molar-refractivity contribution is -0.305. The predicted molar refractivity (Wildman–Crippen MR) is 68.9 cm³/mol. The van der Waals surface area contributed by atoms with Crippen LogP contribution >= 0.6 is 0 Å². The Balaban J connectivity index is 3.18. The number of carbonyl (C=O) groups is 2. The van der Waals surface area contributed by atoms with Gasteiger partial charge < -0.3 is 9.90 Å². The van der Waals surface area contributed by atoms with Crippen LogP contribution in [0.1, 0.15) is 71.1 Å². The minimum atomic E-state index is -1.09. The Morgan fingerprint density at radius 1 is 0.895 bits per heavy atom. The number of carboxylic acid groups (broad SMARTS) is 1. The molecule has 0 aliphatic heterocycles. The van der Waals surface area contributed by atoms with Gasteiger partial charge in [0, 0.05) is 12.4 Å². The number of carboxylic acids is 1. The van der Waals surface area contributed by atoms with Gasteiger partial charge in [-0.15, -0.1) is 0 Å². The van der Waals surface area contributed by atoms with E-state index in [9.17, 15) is 14.7 Å². The summed E-state index contributed by atoms with van der Waals surface area (Å²) in [7, 11) is 0. The van der Waals surface area contributed by atoms with Crippen molar-refractivity contribution in [3.8, 4) is 0 Å². The van der Waals surface area contributed by atoms with E-state index in [1.54, 1.807) is 0 Å². The second-order valence-electron chi connectivity index (χ2n) is 4.62. The summed E-state index contributed by atoms with van der Waals surface area (Å²) in [6, 6.07) is 0. The molecule has 0 rings (SSSR count). The van der Waals surface area contributed by atoms with Gasteiger partial charge >= 0.3 is 5.97 Å². The summed E-state index contributed by atoms with van der Waals surface area (Å²) in [5.74, 6) is -1.53. The highest BCUT2D eigenvalue weighted by atomic mass is 17.2. The molecule has 0 bridgehead atoms. The Morgan fingerprint density at radius 3 is 2.21 bits per heavy atom. The van der Waals surface area contributed by atoms with E-state index >= 15 is 0 Å². The molecule has 0 aromatic rings. The minimum Gasteiger partial charge on any atom is -0.550 e. The summed E-state index contributed by atoms with van der Waals surface area (Å²) in [5.41, 5.74) is 0. The standard InChI is InChI=1S/C14H26O5/c1-2-3-4-5-6-9-12-18-19-14(17)11-8-7-10-13(15)16/h2-12H2,1H3,(H,15,16)/p-1. The van der Waals surface area contributed by atoms with Crippen molar-refractivity contribution in [3.63, 3.8) is 0 Å². The van der Waals surface area contributed by atoms with Crippen molar-refractivity contribution in [3.05, 3.63) is 0 Å². The fourth-order valence-corrected chi connectivity index (χ4v) is 1.63. The molecule has 0 radical (unpaired) electrons. The van der Waals surface area contributed by atoms with Crippen LogP contribution in [0.15, 0.2) is 0 Å². The molecular formula is C14H25O5-. The summed E-state index contributed by atoms with van der Waals surface area (Å²) in [6.07, 6.45) is 7.97. The van der Waals surface area contributed by atoms with E-state index in [4.69, 9.17) is 4.89 Å². The first kappa shape index (κ1) is 17.9. The second-order valence-corrected chi connectivity index (χ2v) is 4.62. The maximum atomic E-state index is 11.2. The molecule has 5 nitrogen and oxygen atoms in total. The molecule has 0 unspecified atom stereocenters. The van der Waals surface area contributed by atoms with E-state index < -0.39 is 11.9 Å². The summed E-state index contributed by atoms with van der Waals surface area (Å²) < 4.78 is 0. The molecule has 19 heavy (non-hydrogen) atoms. The molecule has 0 aliphatic carbocycles. The van der Waals surface area contributed by atoms with Crippen LogP contribution in [0.5, 0.6) is 0 Å². The fourth-order valence-electron chi connectivity index (χ4n) is 1.63. The van der Waals surface area contributed by atoms with E-state index in [1.165, 1.54) is 25.7 Å². The molecule has 0 aromatic heterocycles. The normalized spacial score (nSPS) is 10.4. The Kier molecular flexibility index (Phi) is 12.6. The van der Waals surface area contributed by atoms with E-state index in [-0.39, 0.29) is 12.8 Å². The van der Waals surface area contributed by atoms with Crippen LogP contribution in [0.3, 0.4) is 0 Å². The van der Waals surface area contributed by atoms with Gasteiger partial charge in [0.2, 0.25) is 0 Å². The fraction of sp³-hybridized carbons (Fsp3) is 0.857. The third-order valence-corrected chi connectivity index (χ3v) is 2.74. The van der Waals surface area contributed by atoms with Crippen LogP contribution < -0.4 is 5.11 Å². The highest BCUT2D eigenvalue weighted by molar-refractivity contribution is 5.68. The van der Waals surface area contributed by atoms with Crippen molar-refractivity contribution >= 4 is 11.9 Å². The van der Waals surface area contributed by atoms with E-state index in [1.807, 2.05) is 0 Å². The maximum Gasteiger partial charge on any atom is 0.342 e. The first-order valence-corrected chi connectivity index (χ1v) is 7.19. The van der Waals surface area contributed by atoms with Crippen molar-refractivity contribution in [2.45, 2.75) is 71.1 Å². The van der Waals surface area contributed by atoms with Gasteiger partial charge in [-0.2, -0.15) is 4.89 Å². The Hall–Kier alpha value is -1.10. The zero-order valence-corrected chi connectivity index (χ0v) is 11.8. The lowest BCUT2D eigenvalue weighted by Gasteiger charge is -2.04. The summed E-state index contributed by atoms with van der Waals surface area (Å²) in [5, 5.41) is 10.1. The number of rotatable bonds is 13. The second kappa shape index (κ2) is 13.3. The average Bonchev–Trinajstić information content (AvgIpc) is 2.37. The van der Waals surface area contributed by atoms with E-state index in [2.05, 4.69) is 11.8 Å². The van der Waals surface area contributed by atoms with Crippen LogP contribution in [-0.4, -0.2) is 18.5 Å². The Labute approximate surface area is 115 Å². The number of carbonyl (C=O) groups excluding carboxylic acids is 2. The SMILES string of the molecule is CCCCCCCCOOC(=O)CCCCC(=O)[O-]. The first-order valence-electron chi connectivity index (χ1n) is 7.19. The van der Waals surface area contributed by atoms with Crippen LogP contribution in [0.25, 0.3) is 0 Å². The van der Waals surface area contributed by atoms with Crippen LogP contribution in [0, 0.1) is 0 Å². The number of hydrogen-bond donors (Lipinski definition) is 0. The maximum absolute atomic E-state index is 11.2. The van der Waals surface area contributed by atoms with Gasteiger partial charge in [-0.25, -0.2) is 4.79 Å². The lowest BCUT2D eigenvalue weighted by Crippen LogP contribution is -2.21. The van der Waals surface area contributed by atoms with Crippen molar-refractivity contribution in [1.82, 2.24) is 0 Å². The van der Waals surface area contributed by atoms with Gasteiger partial charge in [0.25, 0.3) is 0 Å². The van der Waals surface area contributed by atoms with E-state index in [0.717, 1.165) is 12.8 Å². The Bertz CT molecular complexity index is 240. The van der Waals surface area contributed by atoms with Crippen molar-refractivity contribution in [2.24, 2.45) is 0 Å². The lowest BCUT2D eigenvalue weighted by atomic mass is 10.1. The average molecular weight is 273 g/mol. The molecule has 5 heteroatoms. The van der Waals surface area contributed by atoms with E-state index in [0.29, 0.717) is 19.4 Å². The van der Waals surface area contributed by atoms with Gasteiger partial charge in [0.15, 0.2) is 0 Å². The minimum absolute atomic E-state index is 0.0219. The molecular weight excluding hydrogens is 248 g/mol. The summed E-state index contributed by atoms with van der Waals surface area (Å²) in [4.78, 5) is 30.7. The number of hydrogen-bond acceptors (Lipinski definition) is 5. The highest BCUT2D eigenvalue weighted by Gasteiger charge is 2.03. The Morgan fingerprint density at radius 2 is 1.53 bits per heavy atom. The molecule has 0 spiro atoms. The first-order chi connectivity index (χ1) is 9.16. The van der Waals surface area contributed by atoms with Gasteiger partial charge in [0.05, 0.1) is 6.61 Å². The molecule has 0 saturated carbocycles. The van der Waals surface area contributed by atoms with Crippen LogP contribution in [-0.2, 0) is 19.4 Å². The molecule has 112 valence electrons. The summed E-state index contributed by atoms with van der Waals surface area (Å²) >= 11 is 0. The third kappa shape index (κ3) is 14.8. The highest BCUT2D eigenvalue weighted by Crippen LogP contribution is 2.05. The molecule has 0 saturated heterocycles. The summed E-state index contributed by atoms with van der Waals surface area (Å²) in [6.45, 7) is 2.60. The third-order valence-electron chi connectivity index (χ3n) is 2.74. The van der Waals surface area contributed by atoms with Crippen molar-refractivity contribution in [2.75, 3.05) is 6.61 Å². The van der Waals surface area contributed by atoms with Gasteiger partial charge in [-0.1, -0.05) is 39.0 Å². The molecule has 0 fully saturated rings. The largest absolute Gasteiger partial charge is 0.550 e. The van der Waals surface area contributed by atoms with Crippen LogP contribution in [0.4, 0.5) is 0 Å². The van der Waals surface area contributed by atoms with Crippen molar-refractivity contribution in [1.29, 1.82) is 0 Å². The zero-order chi connectivity index (χ0) is 14.3.